The van der Waals surface area contributed by atoms with Crippen LogP contribution >= 0.6 is 23.5 Å². The van der Waals surface area contributed by atoms with Crippen LogP contribution in [0.4, 0.5) is 4.79 Å². The SMILES string of the molecule is Cc1cn2c(n1)SCC(SC1=C(C(=O)O[C@@H](C)OC(=O)OC3CCCCC3)N3C(=O)[C@@H](CCO)[C@H]3[C@H]1C)C2. The summed E-state index contributed by atoms with van der Waals surface area (Å²) in [6.45, 7) is 6.11. The molecule has 1 saturated heterocycles. The van der Waals surface area contributed by atoms with Gasteiger partial charge in [0.05, 0.1) is 17.7 Å². The first kappa shape index (κ1) is 27.4. The van der Waals surface area contributed by atoms with E-state index in [-0.39, 0.29) is 47.4 Å². The van der Waals surface area contributed by atoms with Crippen molar-refractivity contribution >= 4 is 41.6 Å². The highest BCUT2D eigenvalue weighted by Gasteiger charge is 2.58. The number of aliphatic hydroxyl groups excluding tert-OH is 1. The number of ether oxygens (including phenoxy) is 3. The Balaban J connectivity index is 1.29. The molecule has 5 atom stereocenters. The van der Waals surface area contributed by atoms with E-state index in [9.17, 15) is 19.5 Å². The van der Waals surface area contributed by atoms with Crippen LogP contribution < -0.4 is 0 Å². The van der Waals surface area contributed by atoms with Crippen molar-refractivity contribution in [1.82, 2.24) is 14.5 Å². The van der Waals surface area contributed by atoms with Gasteiger partial charge < -0.3 is 28.8 Å². The number of fused-ring (bicyclic) bond motifs is 2. The first-order valence-corrected chi connectivity index (χ1v) is 15.2. The Morgan fingerprint density at radius 2 is 2.03 bits per heavy atom. The van der Waals surface area contributed by atoms with Crippen LogP contribution in [0.2, 0.25) is 0 Å². The molecule has 1 saturated carbocycles. The number of aromatic nitrogens is 2. The van der Waals surface area contributed by atoms with Crippen molar-refractivity contribution in [2.75, 3.05) is 12.4 Å². The molecule has 0 radical (unpaired) electrons. The second-order valence-corrected chi connectivity index (χ2v) is 12.7. The molecule has 38 heavy (non-hydrogen) atoms. The van der Waals surface area contributed by atoms with Crippen LogP contribution in [-0.4, -0.2) is 73.6 Å². The summed E-state index contributed by atoms with van der Waals surface area (Å²) in [6, 6.07) is -0.200. The number of esters is 1. The third-order valence-corrected chi connectivity index (χ3v) is 10.4. The van der Waals surface area contributed by atoms with Gasteiger partial charge in [0, 0.05) is 48.1 Å². The largest absolute Gasteiger partial charge is 0.511 e. The average Bonchev–Trinajstić information content (AvgIpc) is 3.37. The van der Waals surface area contributed by atoms with Gasteiger partial charge >= 0.3 is 12.1 Å². The summed E-state index contributed by atoms with van der Waals surface area (Å²) >= 11 is 3.28. The molecule has 4 aliphatic rings. The number of hydrogen-bond donors (Lipinski definition) is 1. The fourth-order valence-electron chi connectivity index (χ4n) is 5.86. The highest BCUT2D eigenvalue weighted by molar-refractivity contribution is 8.05. The van der Waals surface area contributed by atoms with Gasteiger partial charge in [-0.05, 0) is 39.0 Å². The van der Waals surface area contributed by atoms with Crippen molar-refractivity contribution in [3.8, 4) is 0 Å². The van der Waals surface area contributed by atoms with Crippen molar-refractivity contribution in [3.63, 3.8) is 0 Å². The molecule has 12 heteroatoms. The van der Waals surface area contributed by atoms with Crippen LogP contribution in [0.25, 0.3) is 0 Å². The maximum Gasteiger partial charge on any atom is 0.511 e. The molecule has 1 unspecified atom stereocenters. The first-order chi connectivity index (χ1) is 18.3. The van der Waals surface area contributed by atoms with Gasteiger partial charge in [0.1, 0.15) is 11.8 Å². The Bertz CT molecular complexity index is 1120. The van der Waals surface area contributed by atoms with Gasteiger partial charge in [0.2, 0.25) is 12.2 Å². The maximum absolute atomic E-state index is 13.4. The topological polar surface area (TPSA) is 120 Å². The zero-order valence-electron chi connectivity index (χ0n) is 22.0. The minimum absolute atomic E-state index is 0.0831. The van der Waals surface area contributed by atoms with Crippen LogP contribution in [-0.2, 0) is 30.3 Å². The third kappa shape index (κ3) is 5.44. The standard InChI is InChI=1S/C26H35N3O7S2/c1-14-11-28-12-18(13-37-25(28)27-14)38-22-15(2)20-19(9-10-30)23(31)29(20)21(22)24(32)34-16(3)35-26(33)36-17-7-5-4-6-8-17/h11,15-20,30H,4-10,12-13H2,1-3H3/t15-,16-,18?,19+,20-/m1/s1. The van der Waals surface area contributed by atoms with Crippen LogP contribution in [0.1, 0.15) is 58.1 Å². The lowest BCUT2D eigenvalue weighted by atomic mass is 9.80. The van der Waals surface area contributed by atoms with E-state index >= 15 is 0 Å². The highest BCUT2D eigenvalue weighted by Crippen LogP contribution is 2.52. The first-order valence-electron chi connectivity index (χ1n) is 13.4. The van der Waals surface area contributed by atoms with E-state index in [0.717, 1.165) is 60.2 Å². The number of rotatable bonds is 8. The molecule has 1 amide bonds. The van der Waals surface area contributed by atoms with Crippen molar-refractivity contribution in [1.29, 1.82) is 0 Å². The molecule has 208 valence electrons. The van der Waals surface area contributed by atoms with Gasteiger partial charge in [0.15, 0.2) is 5.16 Å². The summed E-state index contributed by atoms with van der Waals surface area (Å²) in [5.74, 6) is -0.475. The Morgan fingerprint density at radius 1 is 1.26 bits per heavy atom. The van der Waals surface area contributed by atoms with Crippen LogP contribution in [0.3, 0.4) is 0 Å². The van der Waals surface area contributed by atoms with Gasteiger partial charge in [0.25, 0.3) is 0 Å². The number of amides is 1. The minimum Gasteiger partial charge on any atom is -0.431 e. The van der Waals surface area contributed by atoms with E-state index < -0.39 is 18.4 Å². The lowest BCUT2D eigenvalue weighted by molar-refractivity contribution is -0.172. The lowest BCUT2D eigenvalue weighted by Crippen LogP contribution is -2.60. The maximum atomic E-state index is 13.4. The second kappa shape index (κ2) is 11.5. The monoisotopic (exact) mass is 565 g/mol. The predicted octanol–water partition coefficient (Wildman–Crippen LogP) is 3.84. The molecule has 1 aromatic heterocycles. The predicted molar refractivity (Wildman–Crippen MR) is 141 cm³/mol. The van der Waals surface area contributed by atoms with Crippen LogP contribution in [0.5, 0.6) is 0 Å². The number of aliphatic hydroxyl groups is 1. The molecule has 0 aromatic carbocycles. The van der Waals surface area contributed by atoms with Crippen molar-refractivity contribution in [2.24, 2.45) is 11.8 Å². The van der Waals surface area contributed by atoms with Gasteiger partial charge in [-0.2, -0.15) is 0 Å². The Kier molecular flexibility index (Phi) is 8.30. The quantitative estimate of drug-likeness (QED) is 0.283. The van der Waals surface area contributed by atoms with Gasteiger partial charge in [-0.15, -0.1) is 11.8 Å². The Hall–Kier alpha value is -2.18. The molecule has 10 nitrogen and oxygen atoms in total. The van der Waals surface area contributed by atoms with Gasteiger partial charge in [-0.3, -0.25) is 4.79 Å². The molecule has 1 N–H and O–H groups in total. The number of thioether (sulfide) groups is 2. The number of β-lactam (4-membered cyclic amide) rings is 1. The summed E-state index contributed by atoms with van der Waals surface area (Å²) < 4.78 is 18.2. The summed E-state index contributed by atoms with van der Waals surface area (Å²) in [6.07, 6.45) is 4.96. The number of hydrogen-bond acceptors (Lipinski definition) is 10. The van der Waals surface area contributed by atoms with Gasteiger partial charge in [-0.25, -0.2) is 14.6 Å². The summed E-state index contributed by atoms with van der Waals surface area (Å²) in [5.41, 5.74) is 1.19. The molecule has 2 fully saturated rings. The van der Waals surface area contributed by atoms with Crippen molar-refractivity contribution in [3.05, 3.63) is 22.5 Å². The molecule has 5 rings (SSSR count). The molecule has 1 aliphatic carbocycles. The number of carbonyl (C=O) groups is 3. The van der Waals surface area contributed by atoms with E-state index in [1.54, 1.807) is 23.5 Å². The molecular weight excluding hydrogens is 530 g/mol. The normalized spacial score (nSPS) is 27.9. The van der Waals surface area contributed by atoms with Crippen LogP contribution in [0, 0.1) is 18.8 Å². The summed E-state index contributed by atoms with van der Waals surface area (Å²) in [7, 11) is 0. The molecule has 3 aliphatic heterocycles. The summed E-state index contributed by atoms with van der Waals surface area (Å²) in [5, 5.41) is 10.6. The zero-order valence-corrected chi connectivity index (χ0v) is 23.6. The number of nitrogens with zero attached hydrogens (tertiary/aromatic N) is 3. The molecule has 0 spiro atoms. The number of aryl methyl sites for hydroxylation is 1. The number of carbonyl (C=O) groups excluding carboxylic acids is 3. The van der Waals surface area contributed by atoms with E-state index in [0.29, 0.717) is 6.42 Å². The third-order valence-electron chi connectivity index (χ3n) is 7.60. The zero-order chi connectivity index (χ0) is 27.0. The number of imidazole rings is 1. The molecule has 0 bridgehead atoms. The van der Waals surface area contributed by atoms with E-state index in [2.05, 4.69) is 9.55 Å². The fourth-order valence-corrected chi connectivity index (χ4v) is 8.52. The van der Waals surface area contributed by atoms with E-state index in [4.69, 9.17) is 14.2 Å². The van der Waals surface area contributed by atoms with Crippen LogP contribution in [0.15, 0.2) is 22.0 Å². The second-order valence-electron chi connectivity index (χ2n) is 10.4. The smallest absolute Gasteiger partial charge is 0.431 e. The highest BCUT2D eigenvalue weighted by atomic mass is 32.2. The fraction of sp³-hybridized carbons (Fsp3) is 0.692. The van der Waals surface area contributed by atoms with E-state index in [1.807, 2.05) is 20.0 Å². The average molecular weight is 566 g/mol. The lowest BCUT2D eigenvalue weighted by Gasteiger charge is -2.45. The molecule has 4 heterocycles. The van der Waals surface area contributed by atoms with Crippen molar-refractivity contribution in [2.45, 2.75) is 94.7 Å². The minimum atomic E-state index is -1.17. The van der Waals surface area contributed by atoms with E-state index in [1.165, 1.54) is 11.8 Å². The molecular formula is C26H35N3O7S2. The van der Waals surface area contributed by atoms with Crippen molar-refractivity contribution < 1.29 is 33.7 Å². The summed E-state index contributed by atoms with van der Waals surface area (Å²) in [4.78, 5) is 45.6. The Morgan fingerprint density at radius 3 is 2.76 bits per heavy atom. The Labute approximate surface area is 230 Å². The molecule has 1 aromatic rings. The van der Waals surface area contributed by atoms with Gasteiger partial charge in [-0.1, -0.05) is 25.1 Å².